The summed E-state index contributed by atoms with van der Waals surface area (Å²) in [6.45, 7) is 0. The second kappa shape index (κ2) is 4.52. The minimum Gasteiger partial charge on any atom is -0.455 e. The lowest BCUT2D eigenvalue weighted by Crippen LogP contribution is -1.88. The zero-order valence-electron chi connectivity index (χ0n) is 10.2. The lowest BCUT2D eigenvalue weighted by atomic mass is 10.1. The lowest BCUT2D eigenvalue weighted by Gasteiger charge is -1.97. The normalized spacial score (nSPS) is 10.3. The average Bonchev–Trinajstić information content (AvgIpc) is 2.86. The lowest BCUT2D eigenvalue weighted by molar-refractivity contribution is -0.384. The largest absolute Gasteiger partial charge is 0.455 e. The fourth-order valence-corrected chi connectivity index (χ4v) is 2.12. The monoisotopic (exact) mass is 264 g/mol. The van der Waals surface area contributed by atoms with Crippen LogP contribution in [0.5, 0.6) is 0 Å². The van der Waals surface area contributed by atoms with E-state index in [0.29, 0.717) is 27.9 Å². The predicted octanol–water partition coefficient (Wildman–Crippen LogP) is 3.88. The van der Waals surface area contributed by atoms with Crippen LogP contribution in [0.25, 0.3) is 22.3 Å². The van der Waals surface area contributed by atoms with E-state index in [4.69, 9.17) is 4.42 Å². The zero-order chi connectivity index (χ0) is 14.1. The van der Waals surface area contributed by atoms with Gasteiger partial charge in [0, 0.05) is 23.1 Å². The van der Waals surface area contributed by atoms with Gasteiger partial charge in [-0.3, -0.25) is 10.1 Å². The number of nitro groups is 1. The summed E-state index contributed by atoms with van der Waals surface area (Å²) in [6, 6.07) is 15.3. The van der Waals surface area contributed by atoms with Crippen molar-refractivity contribution in [3.05, 3.63) is 64.2 Å². The van der Waals surface area contributed by atoms with Gasteiger partial charge in [-0.25, -0.2) is 0 Å². The Kier molecular flexibility index (Phi) is 2.70. The van der Waals surface area contributed by atoms with Gasteiger partial charge in [-0.05, 0) is 12.1 Å². The molecule has 0 aliphatic heterocycles. The summed E-state index contributed by atoms with van der Waals surface area (Å²) in [7, 11) is 0. The summed E-state index contributed by atoms with van der Waals surface area (Å²) in [5, 5.41) is 20.8. The molecule has 1 heterocycles. The van der Waals surface area contributed by atoms with Crippen LogP contribution in [-0.2, 0) is 0 Å². The minimum absolute atomic E-state index is 0.0353. The van der Waals surface area contributed by atoms with Crippen molar-refractivity contribution in [2.75, 3.05) is 0 Å². The van der Waals surface area contributed by atoms with Crippen LogP contribution in [0.2, 0.25) is 0 Å². The zero-order valence-corrected chi connectivity index (χ0v) is 10.2. The van der Waals surface area contributed by atoms with Crippen molar-refractivity contribution >= 4 is 16.7 Å². The third-order valence-corrected chi connectivity index (χ3v) is 3.03. The van der Waals surface area contributed by atoms with Crippen LogP contribution in [0.15, 0.2) is 52.9 Å². The maximum absolute atomic E-state index is 10.8. The number of nitriles is 1. The van der Waals surface area contributed by atoms with E-state index in [0.717, 1.165) is 0 Å². The quantitative estimate of drug-likeness (QED) is 0.519. The summed E-state index contributed by atoms with van der Waals surface area (Å²) in [5.74, 6) is 0.359. The number of fused-ring (bicyclic) bond motifs is 1. The van der Waals surface area contributed by atoms with Crippen LogP contribution in [0.4, 0.5) is 5.69 Å². The molecule has 3 rings (SSSR count). The minimum atomic E-state index is -0.474. The first kappa shape index (κ1) is 11.9. The van der Waals surface area contributed by atoms with Gasteiger partial charge in [0.05, 0.1) is 4.92 Å². The first-order valence-corrected chi connectivity index (χ1v) is 5.87. The van der Waals surface area contributed by atoms with Crippen molar-refractivity contribution in [1.82, 2.24) is 0 Å². The first-order chi connectivity index (χ1) is 9.70. The van der Waals surface area contributed by atoms with Gasteiger partial charge < -0.3 is 4.42 Å². The third-order valence-electron chi connectivity index (χ3n) is 3.03. The molecule has 96 valence electrons. The molecular formula is C15H8N2O3. The fraction of sp³-hybridized carbons (Fsp3) is 0. The van der Waals surface area contributed by atoms with Gasteiger partial charge in [0.1, 0.15) is 17.2 Å². The molecule has 3 aromatic rings. The van der Waals surface area contributed by atoms with Crippen molar-refractivity contribution in [2.24, 2.45) is 0 Å². The Morgan fingerprint density at radius 2 is 1.95 bits per heavy atom. The number of hydrogen-bond donors (Lipinski definition) is 0. The van der Waals surface area contributed by atoms with E-state index in [9.17, 15) is 15.4 Å². The highest BCUT2D eigenvalue weighted by Gasteiger charge is 2.17. The molecule has 0 saturated carbocycles. The summed E-state index contributed by atoms with van der Waals surface area (Å²) in [6.07, 6.45) is 0. The average molecular weight is 264 g/mol. The predicted molar refractivity (Wildman–Crippen MR) is 73.0 cm³/mol. The molecule has 0 radical (unpaired) electrons. The molecule has 0 amide bonds. The van der Waals surface area contributed by atoms with Crippen LogP contribution < -0.4 is 0 Å². The van der Waals surface area contributed by atoms with E-state index >= 15 is 0 Å². The summed E-state index contributed by atoms with van der Waals surface area (Å²) in [4.78, 5) is 10.3. The highest BCUT2D eigenvalue weighted by molar-refractivity contribution is 5.90. The number of rotatable bonds is 2. The summed E-state index contributed by atoms with van der Waals surface area (Å²) >= 11 is 0. The van der Waals surface area contributed by atoms with Gasteiger partial charge in [-0.2, -0.15) is 5.26 Å². The van der Waals surface area contributed by atoms with Gasteiger partial charge >= 0.3 is 0 Å². The molecule has 5 heteroatoms. The van der Waals surface area contributed by atoms with Crippen molar-refractivity contribution in [3.8, 4) is 17.4 Å². The molecule has 0 N–H and O–H groups in total. The molecule has 5 nitrogen and oxygen atoms in total. The van der Waals surface area contributed by atoms with E-state index in [1.165, 1.54) is 12.1 Å². The molecule has 0 spiro atoms. The van der Waals surface area contributed by atoms with Crippen molar-refractivity contribution in [3.63, 3.8) is 0 Å². The number of non-ortho nitro benzene ring substituents is 1. The highest BCUT2D eigenvalue weighted by Crippen LogP contribution is 2.34. The Morgan fingerprint density at radius 3 is 2.70 bits per heavy atom. The van der Waals surface area contributed by atoms with Gasteiger partial charge in [0.25, 0.3) is 5.69 Å². The standard InChI is InChI=1S/C15H8N2O3/c16-9-13-12-6-1-2-7-14(12)20-15(13)10-4-3-5-11(8-10)17(18)19/h1-8H. The van der Waals surface area contributed by atoms with E-state index < -0.39 is 4.92 Å². The molecule has 0 bridgehead atoms. The number of hydrogen-bond acceptors (Lipinski definition) is 4. The molecule has 0 saturated heterocycles. The van der Waals surface area contributed by atoms with E-state index in [2.05, 4.69) is 6.07 Å². The van der Waals surface area contributed by atoms with Crippen LogP contribution in [0.3, 0.4) is 0 Å². The van der Waals surface area contributed by atoms with Crippen molar-refractivity contribution < 1.29 is 9.34 Å². The first-order valence-electron chi connectivity index (χ1n) is 5.87. The number of nitrogens with zero attached hydrogens (tertiary/aromatic N) is 2. The number of nitro benzene ring substituents is 1. The second-order valence-corrected chi connectivity index (χ2v) is 4.22. The smallest absolute Gasteiger partial charge is 0.270 e. The Hall–Kier alpha value is -3.13. The van der Waals surface area contributed by atoms with Crippen LogP contribution in [0.1, 0.15) is 5.56 Å². The van der Waals surface area contributed by atoms with Gasteiger partial charge in [0.2, 0.25) is 0 Å². The molecule has 1 aromatic heterocycles. The van der Waals surface area contributed by atoms with E-state index in [1.54, 1.807) is 24.3 Å². The summed E-state index contributed by atoms with van der Waals surface area (Å²) < 4.78 is 5.67. The third kappa shape index (κ3) is 1.80. The molecule has 0 aliphatic carbocycles. The van der Waals surface area contributed by atoms with Crippen molar-refractivity contribution in [2.45, 2.75) is 0 Å². The SMILES string of the molecule is N#Cc1c(-c2cccc([N+](=O)[O-])c2)oc2ccccc12. The topological polar surface area (TPSA) is 80.1 Å². The molecule has 0 aliphatic rings. The summed E-state index contributed by atoms with van der Waals surface area (Å²) in [5.41, 5.74) is 1.46. The Labute approximate surface area is 113 Å². The maximum atomic E-state index is 10.8. The molecule has 0 atom stereocenters. The Bertz CT molecular complexity index is 859. The van der Waals surface area contributed by atoms with E-state index in [1.807, 2.05) is 12.1 Å². The van der Waals surface area contributed by atoms with Crippen LogP contribution in [-0.4, -0.2) is 4.92 Å². The molecule has 0 fully saturated rings. The maximum Gasteiger partial charge on any atom is 0.270 e. The Balaban J connectivity index is 2.27. The fourth-order valence-electron chi connectivity index (χ4n) is 2.12. The van der Waals surface area contributed by atoms with Crippen molar-refractivity contribution in [1.29, 1.82) is 5.26 Å². The van der Waals surface area contributed by atoms with E-state index in [-0.39, 0.29) is 5.69 Å². The number of para-hydroxylation sites is 1. The number of benzene rings is 2. The molecule has 2 aromatic carbocycles. The molecule has 20 heavy (non-hydrogen) atoms. The number of furan rings is 1. The molecule has 0 unspecified atom stereocenters. The Morgan fingerprint density at radius 1 is 1.15 bits per heavy atom. The van der Waals surface area contributed by atoms with Gasteiger partial charge in [0.15, 0.2) is 5.76 Å². The highest BCUT2D eigenvalue weighted by atomic mass is 16.6. The van der Waals surface area contributed by atoms with Crippen LogP contribution >= 0.6 is 0 Å². The van der Waals surface area contributed by atoms with Gasteiger partial charge in [-0.1, -0.05) is 24.3 Å². The van der Waals surface area contributed by atoms with Crippen LogP contribution in [0, 0.1) is 21.4 Å². The second-order valence-electron chi connectivity index (χ2n) is 4.22. The van der Waals surface area contributed by atoms with Gasteiger partial charge in [-0.15, -0.1) is 0 Å². The molecular weight excluding hydrogens is 256 g/mol.